The zero-order valence-corrected chi connectivity index (χ0v) is 13.4. The number of ketones is 1. The summed E-state index contributed by atoms with van der Waals surface area (Å²) >= 11 is 0. The van der Waals surface area contributed by atoms with Crippen LogP contribution in [0.15, 0.2) is 53.1 Å². The molecule has 0 spiro atoms. The first-order chi connectivity index (χ1) is 11.6. The normalized spacial score (nSPS) is 11.8. The Labute approximate surface area is 139 Å². The molecule has 126 valence electrons. The van der Waals surface area contributed by atoms with Crippen LogP contribution < -0.4 is 0 Å². The summed E-state index contributed by atoms with van der Waals surface area (Å²) in [6.07, 6.45) is 1.33. The Hall–Kier alpha value is -2.89. The van der Waals surface area contributed by atoms with Gasteiger partial charge in [-0.05, 0) is 12.1 Å². The number of esters is 2. The standard InChI is InChI=1S/C18H18O6/c1-22-17(20)16(18(21)23-2)13(15-9-6-10-24-15)11-14(19)12-7-4-3-5-8-12/h3-10,13,16H,11H2,1-2H3/t13-/m1/s1. The molecule has 2 rings (SSSR count). The summed E-state index contributed by atoms with van der Waals surface area (Å²) in [5.41, 5.74) is 0.488. The minimum Gasteiger partial charge on any atom is -0.469 e. The molecule has 0 amide bonds. The Bertz CT molecular complexity index is 674. The van der Waals surface area contributed by atoms with Crippen LogP contribution in [0, 0.1) is 5.92 Å². The van der Waals surface area contributed by atoms with Crippen LogP contribution in [0.1, 0.15) is 28.5 Å². The number of ether oxygens (including phenoxy) is 2. The van der Waals surface area contributed by atoms with E-state index in [0.29, 0.717) is 11.3 Å². The Morgan fingerprint density at radius 2 is 1.58 bits per heavy atom. The van der Waals surface area contributed by atoms with E-state index in [-0.39, 0.29) is 12.2 Å². The minimum atomic E-state index is -1.28. The zero-order valence-electron chi connectivity index (χ0n) is 13.4. The van der Waals surface area contributed by atoms with Gasteiger partial charge in [-0.25, -0.2) is 0 Å². The van der Waals surface area contributed by atoms with Crippen LogP contribution in [0.3, 0.4) is 0 Å². The molecular formula is C18H18O6. The maximum absolute atomic E-state index is 12.5. The molecule has 0 radical (unpaired) electrons. The molecule has 0 saturated heterocycles. The number of carbonyl (C=O) groups excluding carboxylic acids is 3. The van der Waals surface area contributed by atoms with E-state index in [9.17, 15) is 14.4 Å². The summed E-state index contributed by atoms with van der Waals surface area (Å²) in [7, 11) is 2.35. The molecule has 0 aliphatic heterocycles. The summed E-state index contributed by atoms with van der Waals surface area (Å²) < 4.78 is 14.8. The molecule has 1 atom stereocenters. The molecule has 24 heavy (non-hydrogen) atoms. The van der Waals surface area contributed by atoms with Gasteiger partial charge in [-0.2, -0.15) is 0 Å². The van der Waals surface area contributed by atoms with Crippen molar-refractivity contribution in [2.24, 2.45) is 5.92 Å². The second-order valence-corrected chi connectivity index (χ2v) is 5.14. The van der Waals surface area contributed by atoms with Gasteiger partial charge >= 0.3 is 11.9 Å². The maximum Gasteiger partial charge on any atom is 0.320 e. The summed E-state index contributed by atoms with van der Waals surface area (Å²) in [4.78, 5) is 36.7. The van der Waals surface area contributed by atoms with Gasteiger partial charge in [0, 0.05) is 17.9 Å². The van der Waals surface area contributed by atoms with Crippen molar-refractivity contribution in [3.05, 3.63) is 60.1 Å². The Morgan fingerprint density at radius 1 is 0.958 bits per heavy atom. The molecule has 0 bridgehead atoms. The third kappa shape index (κ3) is 3.90. The molecule has 0 aliphatic rings. The second-order valence-electron chi connectivity index (χ2n) is 5.14. The monoisotopic (exact) mass is 330 g/mol. The minimum absolute atomic E-state index is 0.0909. The Kier molecular flexibility index (Phi) is 5.89. The lowest BCUT2D eigenvalue weighted by Crippen LogP contribution is -2.33. The first kappa shape index (κ1) is 17.5. The van der Waals surface area contributed by atoms with Crippen LogP contribution in [0.4, 0.5) is 0 Å². The van der Waals surface area contributed by atoms with Gasteiger partial charge < -0.3 is 13.9 Å². The van der Waals surface area contributed by atoms with Gasteiger partial charge in [-0.15, -0.1) is 0 Å². The van der Waals surface area contributed by atoms with Gasteiger partial charge in [0.25, 0.3) is 0 Å². The van der Waals surface area contributed by atoms with E-state index in [1.54, 1.807) is 42.5 Å². The van der Waals surface area contributed by atoms with Crippen molar-refractivity contribution >= 4 is 17.7 Å². The fourth-order valence-corrected chi connectivity index (χ4v) is 2.51. The number of rotatable bonds is 7. The van der Waals surface area contributed by atoms with Crippen molar-refractivity contribution in [2.45, 2.75) is 12.3 Å². The SMILES string of the molecule is COC(=O)C(C(=O)OC)[C@H](CC(=O)c1ccccc1)c1ccco1. The first-order valence-electron chi connectivity index (χ1n) is 7.35. The number of hydrogen-bond acceptors (Lipinski definition) is 6. The quantitative estimate of drug-likeness (QED) is 0.441. The van der Waals surface area contributed by atoms with Gasteiger partial charge in [0.2, 0.25) is 0 Å². The highest BCUT2D eigenvalue weighted by Gasteiger charge is 2.40. The van der Waals surface area contributed by atoms with E-state index in [0.717, 1.165) is 0 Å². The molecule has 0 saturated carbocycles. The van der Waals surface area contributed by atoms with Crippen LogP contribution >= 0.6 is 0 Å². The number of furan rings is 1. The fourth-order valence-electron chi connectivity index (χ4n) is 2.51. The van der Waals surface area contributed by atoms with E-state index in [1.165, 1.54) is 20.5 Å². The molecule has 1 aromatic heterocycles. The van der Waals surface area contributed by atoms with Crippen molar-refractivity contribution < 1.29 is 28.3 Å². The summed E-state index contributed by atoms with van der Waals surface area (Å²) in [5.74, 6) is -3.51. The van der Waals surface area contributed by atoms with Crippen molar-refractivity contribution in [1.29, 1.82) is 0 Å². The number of hydrogen-bond donors (Lipinski definition) is 0. The van der Waals surface area contributed by atoms with Crippen molar-refractivity contribution in [3.63, 3.8) is 0 Å². The van der Waals surface area contributed by atoms with E-state index in [4.69, 9.17) is 13.9 Å². The molecule has 6 nitrogen and oxygen atoms in total. The van der Waals surface area contributed by atoms with Crippen LogP contribution in [-0.2, 0) is 19.1 Å². The molecule has 0 aliphatic carbocycles. The highest BCUT2D eigenvalue weighted by Crippen LogP contribution is 2.32. The summed E-state index contributed by atoms with van der Waals surface area (Å²) in [5, 5.41) is 0. The van der Waals surface area contributed by atoms with Crippen molar-refractivity contribution in [3.8, 4) is 0 Å². The largest absolute Gasteiger partial charge is 0.469 e. The third-order valence-electron chi connectivity index (χ3n) is 3.72. The Morgan fingerprint density at radius 3 is 2.08 bits per heavy atom. The highest BCUT2D eigenvalue weighted by molar-refractivity contribution is 6.00. The van der Waals surface area contributed by atoms with Gasteiger partial charge in [-0.3, -0.25) is 14.4 Å². The molecule has 2 aromatic rings. The molecule has 1 heterocycles. The van der Waals surface area contributed by atoms with E-state index in [1.807, 2.05) is 0 Å². The van der Waals surface area contributed by atoms with Gasteiger partial charge in [0.1, 0.15) is 5.76 Å². The van der Waals surface area contributed by atoms with Crippen LogP contribution in [-0.4, -0.2) is 31.9 Å². The smallest absolute Gasteiger partial charge is 0.320 e. The topological polar surface area (TPSA) is 82.8 Å². The van der Waals surface area contributed by atoms with Crippen LogP contribution in [0.5, 0.6) is 0 Å². The van der Waals surface area contributed by atoms with E-state index >= 15 is 0 Å². The number of benzene rings is 1. The molecule has 1 aromatic carbocycles. The average Bonchev–Trinajstić information content (AvgIpc) is 3.15. The zero-order chi connectivity index (χ0) is 17.5. The van der Waals surface area contributed by atoms with Crippen LogP contribution in [0.2, 0.25) is 0 Å². The first-order valence-corrected chi connectivity index (χ1v) is 7.35. The predicted octanol–water partition coefficient (Wildman–Crippen LogP) is 2.60. The molecule has 0 unspecified atom stereocenters. The van der Waals surface area contributed by atoms with E-state index in [2.05, 4.69) is 0 Å². The average molecular weight is 330 g/mol. The number of carbonyl (C=O) groups is 3. The second kappa shape index (κ2) is 8.10. The summed E-state index contributed by atoms with van der Waals surface area (Å²) in [6, 6.07) is 11.9. The molecule has 6 heteroatoms. The van der Waals surface area contributed by atoms with E-state index < -0.39 is 23.8 Å². The number of Topliss-reactive ketones (excluding diaryl/α,β-unsaturated/α-hetero) is 1. The maximum atomic E-state index is 12.5. The van der Waals surface area contributed by atoms with Gasteiger partial charge in [0.05, 0.1) is 20.5 Å². The predicted molar refractivity (Wildman–Crippen MR) is 84.4 cm³/mol. The van der Waals surface area contributed by atoms with Crippen molar-refractivity contribution in [1.82, 2.24) is 0 Å². The fraction of sp³-hybridized carbons (Fsp3) is 0.278. The van der Waals surface area contributed by atoms with Gasteiger partial charge in [-0.1, -0.05) is 30.3 Å². The van der Waals surface area contributed by atoms with Gasteiger partial charge in [0.15, 0.2) is 11.7 Å². The third-order valence-corrected chi connectivity index (χ3v) is 3.72. The molecule has 0 fully saturated rings. The van der Waals surface area contributed by atoms with Crippen LogP contribution in [0.25, 0.3) is 0 Å². The number of methoxy groups -OCH3 is 2. The highest BCUT2D eigenvalue weighted by atomic mass is 16.5. The summed E-state index contributed by atoms with van der Waals surface area (Å²) in [6.45, 7) is 0. The lowest BCUT2D eigenvalue weighted by atomic mass is 9.84. The lowest BCUT2D eigenvalue weighted by Gasteiger charge is -2.21. The lowest BCUT2D eigenvalue weighted by molar-refractivity contribution is -0.160. The Balaban J connectivity index is 2.35. The molecular weight excluding hydrogens is 312 g/mol. The molecule has 0 N–H and O–H groups in total. The van der Waals surface area contributed by atoms with Crippen molar-refractivity contribution in [2.75, 3.05) is 14.2 Å².